The van der Waals surface area contributed by atoms with Gasteiger partial charge in [0.1, 0.15) is 0 Å². The van der Waals surface area contributed by atoms with Crippen LogP contribution in [0.5, 0.6) is 0 Å². The highest BCUT2D eigenvalue weighted by atomic mass is 32.3. The number of quaternary nitrogens is 1. The summed E-state index contributed by atoms with van der Waals surface area (Å²) < 4.78 is 32.0. The Morgan fingerprint density at radius 3 is 1.29 bits per heavy atom. The standard InChI is InChI=1S/C18H37NO.C6H17N2.CH4O4S/c1-2-3-4-5-6-7-8-9-10-11-12-13-14-15-16-17-18(19)20;1-8(2,3)6-4-5-7;1-5-6(2,3)4/h2-17H2,1H3,(H2,19,20);4-7H2,1-3H3;1H3,(H,2,3,4)/q;+1;/p-1. The first-order valence-electron chi connectivity index (χ1n) is 13.2. The molecule has 0 spiro atoms. The number of nitrogens with two attached hydrogens (primary N) is 2. The van der Waals surface area contributed by atoms with Gasteiger partial charge in [-0.15, -0.1) is 0 Å². The first-order valence-corrected chi connectivity index (χ1v) is 14.5. The Balaban J connectivity index is -0.000000560. The van der Waals surface area contributed by atoms with Crippen LogP contribution in [0.3, 0.4) is 0 Å². The van der Waals surface area contributed by atoms with Crippen LogP contribution in [0.2, 0.25) is 0 Å². The predicted molar refractivity (Wildman–Crippen MR) is 142 cm³/mol. The van der Waals surface area contributed by atoms with Gasteiger partial charge in [-0.25, -0.2) is 8.42 Å². The van der Waals surface area contributed by atoms with Crippen LogP contribution in [0.15, 0.2) is 0 Å². The maximum Gasteiger partial charge on any atom is 0.217 e. The smallest absolute Gasteiger partial charge is 0.217 e. The highest BCUT2D eigenvalue weighted by Gasteiger charge is 2.03. The lowest BCUT2D eigenvalue weighted by Gasteiger charge is -2.23. The van der Waals surface area contributed by atoms with E-state index < -0.39 is 10.4 Å². The zero-order chi connectivity index (χ0) is 26.7. The minimum atomic E-state index is -4.41. The van der Waals surface area contributed by atoms with Gasteiger partial charge in [0, 0.05) is 12.8 Å². The van der Waals surface area contributed by atoms with Gasteiger partial charge in [-0.05, 0) is 13.0 Å². The fourth-order valence-corrected chi connectivity index (χ4v) is 3.24. The molecule has 0 rings (SSSR count). The van der Waals surface area contributed by atoms with E-state index in [-0.39, 0.29) is 5.91 Å². The molecule has 0 aromatic rings. The molecule has 0 saturated heterocycles. The molecule has 0 aliphatic carbocycles. The highest BCUT2D eigenvalue weighted by Crippen LogP contribution is 2.13. The van der Waals surface area contributed by atoms with Crippen LogP contribution in [0.1, 0.15) is 116 Å². The molecular formula is C25H57N3O5S. The van der Waals surface area contributed by atoms with Crippen LogP contribution in [-0.4, -0.2) is 64.7 Å². The normalized spacial score (nSPS) is 11.3. The van der Waals surface area contributed by atoms with E-state index in [1.54, 1.807) is 0 Å². The molecule has 0 aliphatic rings. The summed E-state index contributed by atoms with van der Waals surface area (Å²) >= 11 is 0. The van der Waals surface area contributed by atoms with E-state index in [1.807, 2.05) is 0 Å². The zero-order valence-corrected chi connectivity index (χ0v) is 23.8. The average molecular weight is 512 g/mol. The average Bonchev–Trinajstić information content (AvgIpc) is 2.74. The Kier molecular flexibility index (Phi) is 29.9. The molecule has 0 bridgehead atoms. The van der Waals surface area contributed by atoms with Crippen molar-refractivity contribution in [3.63, 3.8) is 0 Å². The van der Waals surface area contributed by atoms with Crippen LogP contribution in [0, 0.1) is 0 Å². The Labute approximate surface area is 211 Å². The van der Waals surface area contributed by atoms with Crippen molar-refractivity contribution < 1.29 is 26.4 Å². The summed E-state index contributed by atoms with van der Waals surface area (Å²) in [6, 6.07) is 0. The van der Waals surface area contributed by atoms with Crippen molar-refractivity contribution in [2.75, 3.05) is 41.3 Å². The second-order valence-corrected chi connectivity index (χ2v) is 11.0. The number of nitrogens with zero attached hydrogens (tertiary/aromatic N) is 1. The third-order valence-electron chi connectivity index (χ3n) is 5.26. The minimum Gasteiger partial charge on any atom is -0.726 e. The minimum absolute atomic E-state index is 0.153. The fraction of sp³-hybridized carbons (Fsp3) is 0.960. The number of amides is 1. The van der Waals surface area contributed by atoms with Gasteiger partial charge in [-0.1, -0.05) is 96.8 Å². The highest BCUT2D eigenvalue weighted by molar-refractivity contribution is 7.80. The molecule has 0 aromatic heterocycles. The lowest BCUT2D eigenvalue weighted by Crippen LogP contribution is -2.36. The molecule has 34 heavy (non-hydrogen) atoms. The molecule has 0 fully saturated rings. The Morgan fingerprint density at radius 2 is 1.09 bits per heavy atom. The van der Waals surface area contributed by atoms with Gasteiger partial charge in [0.2, 0.25) is 16.3 Å². The SMILES string of the molecule is CCCCCCCCCCCCCCCCCC(N)=O.COS(=O)(=O)[O-].C[N+](C)(C)CCCN. The van der Waals surface area contributed by atoms with E-state index >= 15 is 0 Å². The van der Waals surface area contributed by atoms with Crippen molar-refractivity contribution >= 4 is 16.3 Å². The lowest BCUT2D eigenvalue weighted by molar-refractivity contribution is -0.870. The van der Waals surface area contributed by atoms with Crippen molar-refractivity contribution in [1.82, 2.24) is 0 Å². The number of rotatable bonds is 20. The number of primary amides is 1. The van der Waals surface area contributed by atoms with Crippen molar-refractivity contribution in [3.05, 3.63) is 0 Å². The van der Waals surface area contributed by atoms with E-state index in [9.17, 15) is 17.8 Å². The quantitative estimate of drug-likeness (QED) is 0.104. The molecular weight excluding hydrogens is 454 g/mol. The van der Waals surface area contributed by atoms with Crippen molar-refractivity contribution in [1.29, 1.82) is 0 Å². The zero-order valence-electron chi connectivity index (χ0n) is 23.0. The molecule has 8 nitrogen and oxygen atoms in total. The Morgan fingerprint density at radius 1 is 0.765 bits per heavy atom. The van der Waals surface area contributed by atoms with Crippen LogP contribution in [0.25, 0.3) is 0 Å². The van der Waals surface area contributed by atoms with Crippen molar-refractivity contribution in [2.45, 2.75) is 116 Å². The van der Waals surface area contributed by atoms with Gasteiger partial charge in [-0.2, -0.15) is 0 Å². The van der Waals surface area contributed by atoms with E-state index in [2.05, 4.69) is 32.2 Å². The molecule has 0 atom stereocenters. The van der Waals surface area contributed by atoms with Crippen molar-refractivity contribution in [3.8, 4) is 0 Å². The molecule has 0 heterocycles. The molecule has 208 valence electrons. The number of hydrogen-bond acceptors (Lipinski definition) is 6. The molecule has 0 aromatic carbocycles. The van der Waals surface area contributed by atoms with Gasteiger partial charge in [0.25, 0.3) is 0 Å². The summed E-state index contributed by atoms with van der Waals surface area (Å²) in [6.45, 7) is 4.27. The molecule has 9 heteroatoms. The summed E-state index contributed by atoms with van der Waals surface area (Å²) in [5.74, 6) is -0.153. The summed E-state index contributed by atoms with van der Waals surface area (Å²) in [6.07, 6.45) is 22.0. The maximum absolute atomic E-state index is 10.6. The van der Waals surface area contributed by atoms with E-state index in [4.69, 9.17) is 11.5 Å². The predicted octanol–water partition coefficient (Wildman–Crippen LogP) is 4.87. The molecule has 0 saturated carbocycles. The number of unbranched alkanes of at least 4 members (excludes halogenated alkanes) is 14. The summed E-state index contributed by atoms with van der Waals surface area (Å²) in [5.41, 5.74) is 10.4. The fourth-order valence-electron chi connectivity index (χ4n) is 3.24. The maximum atomic E-state index is 10.6. The monoisotopic (exact) mass is 511 g/mol. The largest absolute Gasteiger partial charge is 0.726 e. The molecule has 0 unspecified atom stereocenters. The van der Waals surface area contributed by atoms with Gasteiger partial charge in [0.15, 0.2) is 0 Å². The van der Waals surface area contributed by atoms with Gasteiger partial charge in [-0.3, -0.25) is 8.98 Å². The molecule has 1 amide bonds. The van der Waals surface area contributed by atoms with Crippen LogP contribution in [0.4, 0.5) is 0 Å². The van der Waals surface area contributed by atoms with Crippen LogP contribution < -0.4 is 11.5 Å². The Bertz CT molecular complexity index is 523. The van der Waals surface area contributed by atoms with E-state index in [0.29, 0.717) is 6.42 Å². The number of hydrogen-bond donors (Lipinski definition) is 2. The van der Waals surface area contributed by atoms with Crippen molar-refractivity contribution in [2.24, 2.45) is 11.5 Å². The molecule has 4 N–H and O–H groups in total. The van der Waals surface area contributed by atoms with Gasteiger partial charge < -0.3 is 20.5 Å². The summed E-state index contributed by atoms with van der Waals surface area (Å²) in [7, 11) is 2.92. The van der Waals surface area contributed by atoms with Crippen LogP contribution >= 0.6 is 0 Å². The molecule has 0 aliphatic heterocycles. The number of carbonyl (C=O) groups is 1. The molecule has 0 radical (unpaired) electrons. The second kappa shape index (κ2) is 26.9. The van der Waals surface area contributed by atoms with Crippen LogP contribution in [-0.2, 0) is 19.4 Å². The third-order valence-corrected chi connectivity index (χ3v) is 5.67. The first kappa shape index (κ1) is 37.8. The Hall–Kier alpha value is -0.740. The second-order valence-electron chi connectivity index (χ2n) is 9.90. The van der Waals surface area contributed by atoms with Gasteiger partial charge in [0.05, 0.1) is 34.8 Å². The first-order chi connectivity index (χ1) is 15.9. The third kappa shape index (κ3) is 48.6. The lowest BCUT2D eigenvalue weighted by atomic mass is 10.0. The number of carbonyl (C=O) groups excluding carboxylic acids is 1. The topological polar surface area (TPSA) is 136 Å². The summed E-state index contributed by atoms with van der Waals surface area (Å²) in [4.78, 5) is 10.6. The van der Waals surface area contributed by atoms with Gasteiger partial charge >= 0.3 is 0 Å². The van der Waals surface area contributed by atoms with E-state index in [1.165, 1.54) is 96.4 Å². The summed E-state index contributed by atoms with van der Waals surface area (Å²) in [5, 5.41) is 0. The van der Waals surface area contributed by atoms with E-state index in [0.717, 1.165) is 31.0 Å².